The maximum Gasteiger partial charge on any atom is 0.336 e. The number of aromatic carboxylic acids is 1. The van der Waals surface area contributed by atoms with E-state index in [0.29, 0.717) is 22.3 Å². The van der Waals surface area contributed by atoms with Gasteiger partial charge >= 0.3 is 5.97 Å². The van der Waals surface area contributed by atoms with Crippen LogP contribution in [-0.4, -0.2) is 26.0 Å². The average molecular weight is 279 g/mol. The Morgan fingerprint density at radius 2 is 1.90 bits per heavy atom. The highest BCUT2D eigenvalue weighted by atomic mass is 16.4. The summed E-state index contributed by atoms with van der Waals surface area (Å²) in [5, 5.41) is 10.2. The highest BCUT2D eigenvalue weighted by Crippen LogP contribution is 2.27. The highest BCUT2D eigenvalue weighted by Gasteiger charge is 2.15. The largest absolute Gasteiger partial charge is 0.478 e. The van der Waals surface area contributed by atoms with Crippen LogP contribution in [-0.2, 0) is 0 Å². The van der Waals surface area contributed by atoms with Crippen LogP contribution in [0.5, 0.6) is 0 Å². The number of carbonyl (C=O) groups is 1. The van der Waals surface area contributed by atoms with Gasteiger partial charge in [0.15, 0.2) is 0 Å². The van der Waals surface area contributed by atoms with Crippen LogP contribution < -0.4 is 0 Å². The second-order valence-electron chi connectivity index (χ2n) is 4.93. The number of hydrogen-bond donors (Lipinski definition) is 1. The van der Waals surface area contributed by atoms with Gasteiger partial charge in [-0.05, 0) is 37.1 Å². The lowest BCUT2D eigenvalue weighted by molar-refractivity contribution is 0.0699. The van der Waals surface area contributed by atoms with Crippen LogP contribution in [0.1, 0.15) is 21.5 Å². The Morgan fingerprint density at radius 3 is 2.57 bits per heavy atom. The Labute approximate surface area is 121 Å². The number of pyridine rings is 1. The van der Waals surface area contributed by atoms with Gasteiger partial charge in [0.05, 0.1) is 23.0 Å². The molecule has 5 nitrogen and oxygen atoms in total. The van der Waals surface area contributed by atoms with Gasteiger partial charge < -0.3 is 5.11 Å². The van der Waals surface area contributed by atoms with Crippen LogP contribution in [0.2, 0.25) is 0 Å². The summed E-state index contributed by atoms with van der Waals surface area (Å²) in [5.41, 5.74) is 3.91. The monoisotopic (exact) mass is 279 g/mol. The van der Waals surface area contributed by atoms with Crippen LogP contribution in [0.15, 0.2) is 36.8 Å². The molecule has 2 heterocycles. The standard InChI is InChI=1S/C16H13N3O2/c1-9-5-10(2)15-11(16(20)21)7-12(19-13(15)6-9)14-8-17-3-4-18-14/h3-8H,1-2H3,(H,20,21). The van der Waals surface area contributed by atoms with Crippen LogP contribution in [0.4, 0.5) is 0 Å². The van der Waals surface area contributed by atoms with E-state index in [9.17, 15) is 9.90 Å². The van der Waals surface area contributed by atoms with E-state index < -0.39 is 5.97 Å². The zero-order chi connectivity index (χ0) is 15.0. The van der Waals surface area contributed by atoms with Crippen LogP contribution in [0.25, 0.3) is 22.3 Å². The van der Waals surface area contributed by atoms with E-state index in [4.69, 9.17) is 0 Å². The first-order chi connectivity index (χ1) is 10.1. The summed E-state index contributed by atoms with van der Waals surface area (Å²) in [4.78, 5) is 24.3. The van der Waals surface area contributed by atoms with E-state index in [1.165, 1.54) is 0 Å². The van der Waals surface area contributed by atoms with E-state index in [1.807, 2.05) is 26.0 Å². The van der Waals surface area contributed by atoms with Crippen molar-refractivity contribution >= 4 is 16.9 Å². The van der Waals surface area contributed by atoms with Crippen molar-refractivity contribution in [2.45, 2.75) is 13.8 Å². The number of aromatic nitrogens is 3. The minimum atomic E-state index is -0.973. The predicted molar refractivity (Wildman–Crippen MR) is 79.2 cm³/mol. The molecule has 104 valence electrons. The molecule has 0 aliphatic rings. The Morgan fingerprint density at radius 1 is 1.10 bits per heavy atom. The first-order valence-corrected chi connectivity index (χ1v) is 6.48. The number of carboxylic acids is 1. The fraction of sp³-hybridized carbons (Fsp3) is 0.125. The number of benzene rings is 1. The summed E-state index contributed by atoms with van der Waals surface area (Å²) in [7, 11) is 0. The summed E-state index contributed by atoms with van der Waals surface area (Å²) in [6.07, 6.45) is 4.70. The second kappa shape index (κ2) is 4.94. The van der Waals surface area contributed by atoms with Crippen LogP contribution in [0, 0.1) is 13.8 Å². The van der Waals surface area contributed by atoms with E-state index in [-0.39, 0.29) is 5.56 Å². The molecule has 3 rings (SSSR count). The van der Waals surface area contributed by atoms with Gasteiger partial charge in [0.2, 0.25) is 0 Å². The molecule has 0 unspecified atom stereocenters. The Kier molecular flexibility index (Phi) is 3.10. The first-order valence-electron chi connectivity index (χ1n) is 6.48. The van der Waals surface area contributed by atoms with Crippen LogP contribution in [0.3, 0.4) is 0 Å². The predicted octanol–water partition coefficient (Wildman–Crippen LogP) is 3.01. The molecule has 1 aromatic carbocycles. The van der Waals surface area contributed by atoms with Gasteiger partial charge in [0.1, 0.15) is 5.69 Å². The molecule has 5 heteroatoms. The maximum absolute atomic E-state index is 11.6. The zero-order valence-corrected chi connectivity index (χ0v) is 11.7. The molecule has 0 saturated carbocycles. The van der Waals surface area contributed by atoms with Crippen molar-refractivity contribution in [1.29, 1.82) is 0 Å². The molecule has 1 N–H and O–H groups in total. The van der Waals surface area contributed by atoms with Gasteiger partial charge in [-0.3, -0.25) is 9.97 Å². The van der Waals surface area contributed by atoms with Crippen molar-refractivity contribution in [3.05, 3.63) is 53.5 Å². The topological polar surface area (TPSA) is 76.0 Å². The summed E-state index contributed by atoms with van der Waals surface area (Å²) in [6, 6.07) is 5.39. The lowest BCUT2D eigenvalue weighted by atomic mass is 10.00. The lowest BCUT2D eigenvalue weighted by Gasteiger charge is -2.10. The van der Waals surface area contributed by atoms with Gasteiger partial charge in [0.25, 0.3) is 0 Å². The van der Waals surface area contributed by atoms with Crippen molar-refractivity contribution in [2.75, 3.05) is 0 Å². The summed E-state index contributed by atoms with van der Waals surface area (Å²) < 4.78 is 0. The Balaban J connectivity index is 2.38. The summed E-state index contributed by atoms with van der Waals surface area (Å²) in [6.45, 7) is 3.86. The molecule has 0 radical (unpaired) electrons. The minimum absolute atomic E-state index is 0.234. The third-order valence-electron chi connectivity index (χ3n) is 3.31. The molecule has 0 fully saturated rings. The lowest BCUT2D eigenvalue weighted by Crippen LogP contribution is -2.02. The third-order valence-corrected chi connectivity index (χ3v) is 3.31. The van der Waals surface area contributed by atoms with Crippen molar-refractivity contribution in [2.24, 2.45) is 0 Å². The molecule has 3 aromatic rings. The number of carboxylic acid groups (broad SMARTS) is 1. The number of nitrogens with zero attached hydrogens (tertiary/aromatic N) is 3. The number of aryl methyl sites for hydroxylation is 2. The normalized spacial score (nSPS) is 10.8. The fourth-order valence-corrected chi connectivity index (χ4v) is 2.49. The van der Waals surface area contributed by atoms with Crippen molar-refractivity contribution in [3.63, 3.8) is 0 Å². The molecular formula is C16H13N3O2. The molecular weight excluding hydrogens is 266 g/mol. The third kappa shape index (κ3) is 2.33. The fourth-order valence-electron chi connectivity index (χ4n) is 2.49. The molecule has 0 aliphatic heterocycles. The van der Waals surface area contributed by atoms with Crippen molar-refractivity contribution < 1.29 is 9.90 Å². The van der Waals surface area contributed by atoms with Gasteiger partial charge in [-0.2, -0.15) is 0 Å². The summed E-state index contributed by atoms with van der Waals surface area (Å²) >= 11 is 0. The van der Waals surface area contributed by atoms with Gasteiger partial charge in [0, 0.05) is 17.8 Å². The van der Waals surface area contributed by atoms with Crippen molar-refractivity contribution in [3.8, 4) is 11.4 Å². The molecule has 0 atom stereocenters. The van der Waals surface area contributed by atoms with Crippen molar-refractivity contribution in [1.82, 2.24) is 15.0 Å². The second-order valence-corrected chi connectivity index (χ2v) is 4.93. The quantitative estimate of drug-likeness (QED) is 0.780. The molecule has 0 spiro atoms. The minimum Gasteiger partial charge on any atom is -0.478 e. The maximum atomic E-state index is 11.6. The smallest absolute Gasteiger partial charge is 0.336 e. The number of fused-ring (bicyclic) bond motifs is 1. The number of rotatable bonds is 2. The Hall–Kier alpha value is -2.82. The van der Waals surface area contributed by atoms with E-state index in [0.717, 1.165) is 11.1 Å². The van der Waals surface area contributed by atoms with E-state index in [2.05, 4.69) is 15.0 Å². The summed E-state index contributed by atoms with van der Waals surface area (Å²) in [5.74, 6) is -0.973. The molecule has 0 bridgehead atoms. The average Bonchev–Trinajstić information content (AvgIpc) is 2.46. The van der Waals surface area contributed by atoms with Crippen LogP contribution >= 0.6 is 0 Å². The molecule has 0 amide bonds. The SMILES string of the molecule is Cc1cc(C)c2c(C(=O)O)cc(-c3cnccn3)nc2c1. The molecule has 0 aliphatic carbocycles. The van der Waals surface area contributed by atoms with Gasteiger partial charge in [-0.15, -0.1) is 0 Å². The molecule has 21 heavy (non-hydrogen) atoms. The van der Waals surface area contributed by atoms with Gasteiger partial charge in [-0.1, -0.05) is 6.07 Å². The van der Waals surface area contributed by atoms with E-state index in [1.54, 1.807) is 24.7 Å². The van der Waals surface area contributed by atoms with Gasteiger partial charge in [-0.25, -0.2) is 9.78 Å². The molecule has 2 aromatic heterocycles. The first kappa shape index (κ1) is 13.2. The zero-order valence-electron chi connectivity index (χ0n) is 11.7. The molecule has 0 saturated heterocycles. The van der Waals surface area contributed by atoms with E-state index >= 15 is 0 Å². The highest BCUT2D eigenvalue weighted by molar-refractivity contribution is 6.05. The Bertz CT molecular complexity index is 845. The number of hydrogen-bond acceptors (Lipinski definition) is 4.